The molecular formula is C11H12BrClFNO. The predicted octanol–water partition coefficient (Wildman–Crippen LogP) is 3.34. The number of hydrogen-bond donors (Lipinski definition) is 1. The standard InChI is InChI=1S/C11H12BrClFNO/c1-2-8(6-13)15-11(16)9-4-3-7(14)5-10(9)12/h3-5,8H,2,6H2,1H3,(H,15,16). The number of rotatable bonds is 4. The van der Waals surface area contributed by atoms with Crippen molar-refractivity contribution in [1.82, 2.24) is 5.32 Å². The van der Waals surface area contributed by atoms with Crippen LogP contribution in [0.15, 0.2) is 22.7 Å². The van der Waals surface area contributed by atoms with E-state index in [4.69, 9.17) is 11.6 Å². The number of carbonyl (C=O) groups is 1. The van der Waals surface area contributed by atoms with E-state index < -0.39 is 0 Å². The maximum Gasteiger partial charge on any atom is 0.252 e. The highest BCUT2D eigenvalue weighted by Gasteiger charge is 2.14. The van der Waals surface area contributed by atoms with Crippen molar-refractivity contribution >= 4 is 33.4 Å². The number of benzene rings is 1. The highest BCUT2D eigenvalue weighted by Crippen LogP contribution is 2.18. The van der Waals surface area contributed by atoms with E-state index >= 15 is 0 Å². The van der Waals surface area contributed by atoms with Crippen LogP contribution in [0.25, 0.3) is 0 Å². The summed E-state index contributed by atoms with van der Waals surface area (Å²) in [6.07, 6.45) is 0.758. The average molecular weight is 309 g/mol. The van der Waals surface area contributed by atoms with Crippen LogP contribution in [-0.4, -0.2) is 17.8 Å². The van der Waals surface area contributed by atoms with E-state index in [1.807, 2.05) is 6.92 Å². The Labute approximate surface area is 107 Å². The monoisotopic (exact) mass is 307 g/mol. The van der Waals surface area contributed by atoms with Crippen LogP contribution >= 0.6 is 27.5 Å². The van der Waals surface area contributed by atoms with E-state index in [-0.39, 0.29) is 17.8 Å². The summed E-state index contributed by atoms with van der Waals surface area (Å²) >= 11 is 8.83. The van der Waals surface area contributed by atoms with Gasteiger partial charge in [0.25, 0.3) is 5.91 Å². The fraction of sp³-hybridized carbons (Fsp3) is 0.364. The number of alkyl halides is 1. The Kier molecular flexibility index (Phi) is 5.22. The minimum absolute atomic E-state index is 0.0638. The third kappa shape index (κ3) is 3.46. The summed E-state index contributed by atoms with van der Waals surface area (Å²) in [5.74, 6) is -0.270. The molecular weight excluding hydrogens is 296 g/mol. The SMILES string of the molecule is CCC(CCl)NC(=O)c1ccc(F)cc1Br. The van der Waals surface area contributed by atoms with E-state index in [1.165, 1.54) is 18.2 Å². The molecule has 0 saturated carbocycles. The summed E-state index contributed by atoms with van der Waals surface area (Å²) in [6.45, 7) is 1.94. The van der Waals surface area contributed by atoms with Gasteiger partial charge in [-0.1, -0.05) is 6.92 Å². The van der Waals surface area contributed by atoms with Crippen molar-refractivity contribution in [3.63, 3.8) is 0 Å². The second kappa shape index (κ2) is 6.21. The summed E-state index contributed by atoms with van der Waals surface area (Å²) in [5.41, 5.74) is 0.407. The van der Waals surface area contributed by atoms with E-state index in [0.717, 1.165) is 6.42 Å². The van der Waals surface area contributed by atoms with Crippen molar-refractivity contribution in [3.05, 3.63) is 34.1 Å². The molecule has 1 unspecified atom stereocenters. The van der Waals surface area contributed by atoms with Crippen LogP contribution in [0.4, 0.5) is 4.39 Å². The first-order chi connectivity index (χ1) is 7.58. The molecule has 2 nitrogen and oxygen atoms in total. The van der Waals surface area contributed by atoms with Crippen LogP contribution in [-0.2, 0) is 0 Å². The summed E-state index contributed by atoms with van der Waals surface area (Å²) in [7, 11) is 0. The van der Waals surface area contributed by atoms with Crippen molar-refractivity contribution in [1.29, 1.82) is 0 Å². The molecule has 0 radical (unpaired) electrons. The zero-order valence-corrected chi connectivity index (χ0v) is 11.1. The first kappa shape index (κ1) is 13.5. The van der Waals surface area contributed by atoms with Crippen molar-refractivity contribution in [3.8, 4) is 0 Å². The van der Waals surface area contributed by atoms with Crippen molar-refractivity contribution in [2.45, 2.75) is 19.4 Å². The molecule has 1 aromatic rings. The molecule has 1 aromatic carbocycles. The molecule has 0 saturated heterocycles. The van der Waals surface area contributed by atoms with Gasteiger partial charge in [0.1, 0.15) is 5.82 Å². The van der Waals surface area contributed by atoms with Gasteiger partial charge in [0.15, 0.2) is 0 Å². The molecule has 5 heteroatoms. The van der Waals surface area contributed by atoms with E-state index in [2.05, 4.69) is 21.2 Å². The molecule has 0 aliphatic heterocycles. The molecule has 0 aliphatic rings. The lowest BCUT2D eigenvalue weighted by Gasteiger charge is -2.14. The largest absolute Gasteiger partial charge is 0.348 e. The predicted molar refractivity (Wildman–Crippen MR) is 66.4 cm³/mol. The Morgan fingerprint density at radius 2 is 2.31 bits per heavy atom. The van der Waals surface area contributed by atoms with Gasteiger partial charge in [0.2, 0.25) is 0 Å². The van der Waals surface area contributed by atoms with Crippen molar-refractivity contribution in [2.24, 2.45) is 0 Å². The third-order valence-electron chi connectivity index (χ3n) is 2.19. The normalized spacial score (nSPS) is 12.2. The fourth-order valence-electron chi connectivity index (χ4n) is 1.19. The highest BCUT2D eigenvalue weighted by atomic mass is 79.9. The number of nitrogens with one attached hydrogen (secondary N) is 1. The minimum atomic E-state index is -0.382. The molecule has 1 amide bonds. The summed E-state index contributed by atoms with van der Waals surface area (Å²) in [6, 6.07) is 3.89. The molecule has 0 aliphatic carbocycles. The Balaban J connectivity index is 2.80. The summed E-state index contributed by atoms with van der Waals surface area (Å²) < 4.78 is 13.3. The third-order valence-corrected chi connectivity index (χ3v) is 3.22. The Morgan fingerprint density at radius 1 is 1.62 bits per heavy atom. The smallest absolute Gasteiger partial charge is 0.252 e. The van der Waals surface area contributed by atoms with Gasteiger partial charge in [-0.25, -0.2) is 4.39 Å². The van der Waals surface area contributed by atoms with Crippen LogP contribution < -0.4 is 5.32 Å². The van der Waals surface area contributed by atoms with Gasteiger partial charge >= 0.3 is 0 Å². The number of halogens is 3. The zero-order chi connectivity index (χ0) is 12.1. The second-order valence-corrected chi connectivity index (χ2v) is 4.52. The number of hydrogen-bond acceptors (Lipinski definition) is 1. The lowest BCUT2D eigenvalue weighted by atomic mass is 10.2. The minimum Gasteiger partial charge on any atom is -0.348 e. The van der Waals surface area contributed by atoms with Crippen LogP contribution in [0.2, 0.25) is 0 Å². The van der Waals surface area contributed by atoms with Crippen molar-refractivity contribution < 1.29 is 9.18 Å². The van der Waals surface area contributed by atoms with Crippen LogP contribution in [0.1, 0.15) is 23.7 Å². The molecule has 0 heterocycles. The van der Waals surface area contributed by atoms with Gasteiger partial charge < -0.3 is 5.32 Å². The molecule has 1 atom stereocenters. The lowest BCUT2D eigenvalue weighted by molar-refractivity contribution is 0.0939. The average Bonchev–Trinajstić information content (AvgIpc) is 2.25. The molecule has 0 fully saturated rings. The Bertz CT molecular complexity index is 382. The lowest BCUT2D eigenvalue weighted by Crippen LogP contribution is -2.35. The van der Waals surface area contributed by atoms with Crippen LogP contribution in [0.5, 0.6) is 0 Å². The van der Waals surface area contributed by atoms with Crippen LogP contribution in [0.3, 0.4) is 0 Å². The summed E-state index contributed by atoms with van der Waals surface area (Å²) in [5, 5.41) is 2.77. The number of carbonyl (C=O) groups excluding carboxylic acids is 1. The molecule has 1 rings (SSSR count). The van der Waals surface area contributed by atoms with Gasteiger partial charge in [0, 0.05) is 16.4 Å². The summed E-state index contributed by atoms with van der Waals surface area (Å²) in [4.78, 5) is 11.8. The van der Waals surface area contributed by atoms with Crippen molar-refractivity contribution in [2.75, 3.05) is 5.88 Å². The zero-order valence-electron chi connectivity index (χ0n) is 8.77. The Morgan fingerprint density at radius 3 is 2.81 bits per heavy atom. The molecule has 1 N–H and O–H groups in total. The topological polar surface area (TPSA) is 29.1 Å². The van der Waals surface area contributed by atoms with Gasteiger partial charge in [-0.3, -0.25) is 4.79 Å². The van der Waals surface area contributed by atoms with Gasteiger partial charge in [-0.05, 0) is 40.5 Å². The first-order valence-corrected chi connectivity index (χ1v) is 6.23. The molecule has 0 spiro atoms. The first-order valence-electron chi connectivity index (χ1n) is 4.90. The fourth-order valence-corrected chi connectivity index (χ4v) is 2.01. The molecule has 88 valence electrons. The van der Waals surface area contributed by atoms with Crippen LogP contribution in [0, 0.1) is 5.82 Å². The molecule has 16 heavy (non-hydrogen) atoms. The number of amides is 1. The molecule has 0 bridgehead atoms. The maximum atomic E-state index is 12.8. The van der Waals surface area contributed by atoms with E-state index in [9.17, 15) is 9.18 Å². The van der Waals surface area contributed by atoms with Gasteiger partial charge in [-0.2, -0.15) is 0 Å². The highest BCUT2D eigenvalue weighted by molar-refractivity contribution is 9.10. The molecule has 0 aromatic heterocycles. The van der Waals surface area contributed by atoms with Gasteiger partial charge in [0.05, 0.1) is 5.56 Å². The van der Waals surface area contributed by atoms with E-state index in [0.29, 0.717) is 15.9 Å². The van der Waals surface area contributed by atoms with E-state index in [1.54, 1.807) is 0 Å². The second-order valence-electron chi connectivity index (χ2n) is 3.36. The Hall–Kier alpha value is -0.610. The maximum absolute atomic E-state index is 12.8. The quantitative estimate of drug-likeness (QED) is 0.849. The van der Waals surface area contributed by atoms with Gasteiger partial charge in [-0.15, -0.1) is 11.6 Å².